The van der Waals surface area contributed by atoms with Crippen LogP contribution in [-0.2, 0) is 0 Å². The van der Waals surface area contributed by atoms with Crippen molar-refractivity contribution in [2.24, 2.45) is 0 Å². The number of imidazole rings is 1. The van der Waals surface area contributed by atoms with Crippen LogP contribution in [0.3, 0.4) is 0 Å². The van der Waals surface area contributed by atoms with Gasteiger partial charge in [-0.3, -0.25) is 4.57 Å². The molecule has 0 bridgehead atoms. The lowest BCUT2D eigenvalue weighted by Crippen LogP contribution is -2.02. The highest BCUT2D eigenvalue weighted by Gasteiger charge is 2.14. The van der Waals surface area contributed by atoms with Crippen LogP contribution in [0.15, 0.2) is 109 Å². The van der Waals surface area contributed by atoms with Gasteiger partial charge in [0.25, 0.3) is 0 Å². The minimum absolute atomic E-state index is 0.439. The fraction of sp³-hybridized carbons (Fsp3) is 0.100. The minimum atomic E-state index is 0.439. The Morgan fingerprint density at radius 2 is 1.27 bits per heavy atom. The predicted octanol–water partition coefficient (Wildman–Crippen LogP) is 7.76. The molecule has 33 heavy (non-hydrogen) atoms. The normalized spacial score (nSPS) is 11.6. The van der Waals surface area contributed by atoms with Gasteiger partial charge in [0.1, 0.15) is 5.82 Å². The van der Waals surface area contributed by atoms with Crippen LogP contribution >= 0.6 is 0 Å². The number of aromatic nitrogens is 3. The van der Waals surface area contributed by atoms with E-state index in [0.29, 0.717) is 5.92 Å². The molecule has 2 aromatic heterocycles. The van der Waals surface area contributed by atoms with E-state index >= 15 is 0 Å². The molecule has 160 valence electrons. The third kappa shape index (κ3) is 3.16. The van der Waals surface area contributed by atoms with E-state index in [4.69, 9.17) is 4.98 Å². The number of nitrogens with zero attached hydrogens (tertiary/aromatic N) is 3. The number of rotatable bonds is 4. The van der Waals surface area contributed by atoms with Crippen molar-refractivity contribution in [1.82, 2.24) is 14.1 Å². The molecule has 0 aliphatic rings. The average molecular weight is 428 g/mol. The van der Waals surface area contributed by atoms with E-state index in [1.54, 1.807) is 0 Å². The monoisotopic (exact) mass is 427 g/mol. The summed E-state index contributed by atoms with van der Waals surface area (Å²) < 4.78 is 4.54. The highest BCUT2D eigenvalue weighted by Crippen LogP contribution is 2.33. The van der Waals surface area contributed by atoms with Gasteiger partial charge >= 0.3 is 0 Å². The summed E-state index contributed by atoms with van der Waals surface area (Å²) >= 11 is 0. The van der Waals surface area contributed by atoms with Gasteiger partial charge in [-0.2, -0.15) is 0 Å². The van der Waals surface area contributed by atoms with Crippen LogP contribution in [-0.4, -0.2) is 14.1 Å². The highest BCUT2D eigenvalue weighted by atomic mass is 15.1. The first kappa shape index (κ1) is 19.6. The average Bonchev–Trinajstić information content (AvgIpc) is 3.47. The van der Waals surface area contributed by atoms with E-state index < -0.39 is 0 Å². The molecule has 0 unspecified atom stereocenters. The van der Waals surface area contributed by atoms with E-state index in [9.17, 15) is 0 Å². The fourth-order valence-electron chi connectivity index (χ4n) is 4.87. The largest absolute Gasteiger partial charge is 0.309 e. The number of fused-ring (bicyclic) bond motifs is 3. The molecule has 0 radical (unpaired) electrons. The van der Waals surface area contributed by atoms with Gasteiger partial charge in [-0.15, -0.1) is 0 Å². The Bertz CT molecular complexity index is 1530. The number of hydrogen-bond acceptors (Lipinski definition) is 1. The summed E-state index contributed by atoms with van der Waals surface area (Å²) in [6, 6.07) is 34.5. The molecule has 0 atom stereocenters. The summed E-state index contributed by atoms with van der Waals surface area (Å²) in [6.07, 6.45) is 3.94. The molecule has 0 N–H and O–H groups in total. The zero-order chi connectivity index (χ0) is 22.4. The molecule has 0 fully saturated rings. The molecular weight excluding hydrogens is 402 g/mol. The van der Waals surface area contributed by atoms with Gasteiger partial charge in [0.15, 0.2) is 0 Å². The molecule has 3 nitrogen and oxygen atoms in total. The second kappa shape index (κ2) is 7.79. The van der Waals surface area contributed by atoms with Gasteiger partial charge in [-0.05, 0) is 53.9 Å². The van der Waals surface area contributed by atoms with Gasteiger partial charge in [-0.1, -0.05) is 68.4 Å². The lowest BCUT2D eigenvalue weighted by Gasteiger charge is -2.16. The SMILES string of the molecule is CC(C)c1ccccc1-n1ccnc1-c1ccc(-n2c3ccccc3c3ccccc32)cc1. The van der Waals surface area contributed by atoms with Crippen molar-refractivity contribution in [3.63, 3.8) is 0 Å². The highest BCUT2D eigenvalue weighted by molar-refractivity contribution is 6.09. The van der Waals surface area contributed by atoms with Gasteiger partial charge in [0.05, 0.1) is 16.7 Å². The van der Waals surface area contributed by atoms with Crippen LogP contribution in [0.2, 0.25) is 0 Å². The van der Waals surface area contributed by atoms with Crippen LogP contribution < -0.4 is 0 Å². The molecular formula is C30H25N3. The Morgan fingerprint density at radius 1 is 0.667 bits per heavy atom. The van der Waals surface area contributed by atoms with E-state index in [-0.39, 0.29) is 0 Å². The number of para-hydroxylation sites is 3. The van der Waals surface area contributed by atoms with E-state index in [2.05, 4.69) is 126 Å². The lowest BCUT2D eigenvalue weighted by molar-refractivity contribution is 0.847. The van der Waals surface area contributed by atoms with Crippen molar-refractivity contribution in [2.45, 2.75) is 19.8 Å². The Balaban J connectivity index is 1.47. The fourth-order valence-corrected chi connectivity index (χ4v) is 4.87. The molecule has 6 aromatic rings. The zero-order valence-electron chi connectivity index (χ0n) is 18.8. The summed E-state index contributed by atoms with van der Waals surface area (Å²) in [4.78, 5) is 4.71. The molecule has 0 amide bonds. The summed E-state index contributed by atoms with van der Waals surface area (Å²) in [5, 5.41) is 2.55. The second-order valence-corrected chi connectivity index (χ2v) is 8.75. The minimum Gasteiger partial charge on any atom is -0.309 e. The van der Waals surface area contributed by atoms with Crippen molar-refractivity contribution < 1.29 is 0 Å². The van der Waals surface area contributed by atoms with Crippen LogP contribution in [0.4, 0.5) is 0 Å². The maximum absolute atomic E-state index is 4.71. The molecule has 2 heterocycles. The first-order valence-electron chi connectivity index (χ1n) is 11.4. The topological polar surface area (TPSA) is 22.8 Å². The number of hydrogen-bond donors (Lipinski definition) is 0. The van der Waals surface area contributed by atoms with Crippen molar-refractivity contribution in [2.75, 3.05) is 0 Å². The maximum atomic E-state index is 4.71. The smallest absolute Gasteiger partial charge is 0.144 e. The zero-order valence-corrected chi connectivity index (χ0v) is 18.8. The summed E-state index contributed by atoms with van der Waals surface area (Å²) in [6.45, 7) is 4.46. The third-order valence-electron chi connectivity index (χ3n) is 6.42. The van der Waals surface area contributed by atoms with E-state index in [1.165, 1.54) is 33.1 Å². The molecule has 0 saturated heterocycles. The molecule has 3 heteroatoms. The van der Waals surface area contributed by atoms with Gasteiger partial charge in [0, 0.05) is 34.4 Å². The van der Waals surface area contributed by atoms with Gasteiger partial charge < -0.3 is 4.57 Å². The van der Waals surface area contributed by atoms with Crippen molar-refractivity contribution in [3.05, 3.63) is 115 Å². The molecule has 0 spiro atoms. The number of benzene rings is 4. The predicted molar refractivity (Wildman–Crippen MR) is 137 cm³/mol. The van der Waals surface area contributed by atoms with Crippen LogP contribution in [0.5, 0.6) is 0 Å². The summed E-state index contributed by atoms with van der Waals surface area (Å²) in [7, 11) is 0. The standard InChI is InChI=1S/C30H25N3/c1-21(2)24-9-3-6-12-27(24)32-20-19-31-30(32)22-15-17-23(18-16-22)33-28-13-7-4-10-25(28)26-11-5-8-14-29(26)33/h3-21H,1-2H3. The molecule has 0 saturated carbocycles. The Hall–Kier alpha value is -4.11. The molecule has 0 aliphatic carbocycles. The Kier molecular flexibility index (Phi) is 4.62. The van der Waals surface area contributed by atoms with Crippen molar-refractivity contribution in [3.8, 4) is 22.8 Å². The molecule has 6 rings (SSSR count). The first-order chi connectivity index (χ1) is 16.2. The summed E-state index contributed by atoms with van der Waals surface area (Å²) in [5.74, 6) is 1.39. The first-order valence-corrected chi connectivity index (χ1v) is 11.4. The van der Waals surface area contributed by atoms with Crippen LogP contribution in [0, 0.1) is 0 Å². The maximum Gasteiger partial charge on any atom is 0.144 e. The summed E-state index contributed by atoms with van der Waals surface area (Å²) in [5.41, 5.74) is 7.20. The van der Waals surface area contributed by atoms with Crippen molar-refractivity contribution >= 4 is 21.8 Å². The van der Waals surface area contributed by atoms with Crippen LogP contribution in [0.25, 0.3) is 44.6 Å². The van der Waals surface area contributed by atoms with E-state index in [1.807, 2.05) is 6.20 Å². The Labute approximate surface area is 193 Å². The Morgan fingerprint density at radius 3 is 1.94 bits per heavy atom. The second-order valence-electron chi connectivity index (χ2n) is 8.75. The molecule has 4 aromatic carbocycles. The van der Waals surface area contributed by atoms with Gasteiger partial charge in [-0.25, -0.2) is 4.98 Å². The lowest BCUT2D eigenvalue weighted by atomic mass is 10.0. The van der Waals surface area contributed by atoms with Crippen molar-refractivity contribution in [1.29, 1.82) is 0 Å². The van der Waals surface area contributed by atoms with Crippen LogP contribution in [0.1, 0.15) is 25.3 Å². The van der Waals surface area contributed by atoms with E-state index in [0.717, 1.165) is 17.1 Å². The molecule has 0 aliphatic heterocycles. The quantitative estimate of drug-likeness (QED) is 0.282. The third-order valence-corrected chi connectivity index (χ3v) is 6.42. The van der Waals surface area contributed by atoms with Gasteiger partial charge in [0.2, 0.25) is 0 Å².